The third-order valence-corrected chi connectivity index (χ3v) is 6.60. The molecule has 0 bridgehead atoms. The highest BCUT2D eigenvalue weighted by Crippen LogP contribution is 2.49. The Morgan fingerprint density at radius 3 is 2.74 bits per heavy atom. The lowest BCUT2D eigenvalue weighted by molar-refractivity contribution is -0.138. The van der Waals surface area contributed by atoms with Crippen LogP contribution >= 0.6 is 0 Å². The highest BCUT2D eigenvalue weighted by Gasteiger charge is 2.44. The summed E-state index contributed by atoms with van der Waals surface area (Å²) in [4.78, 5) is 2.11. The minimum absolute atomic E-state index is 0.00588. The third kappa shape index (κ3) is 5.16. The Kier molecular flexibility index (Phi) is 6.74. The van der Waals surface area contributed by atoms with Crippen molar-refractivity contribution in [3.05, 3.63) is 53.6 Å². The zero-order chi connectivity index (χ0) is 22.0. The van der Waals surface area contributed by atoms with Crippen LogP contribution in [0.3, 0.4) is 0 Å². The molecule has 31 heavy (non-hydrogen) atoms. The van der Waals surface area contributed by atoms with E-state index in [0.717, 1.165) is 44.6 Å². The van der Waals surface area contributed by atoms with Crippen molar-refractivity contribution in [3.8, 4) is 0 Å². The van der Waals surface area contributed by atoms with Gasteiger partial charge in [-0.25, -0.2) is 0 Å². The molecule has 7 heteroatoms. The molecule has 2 N–H and O–H groups in total. The molecule has 1 aromatic rings. The lowest BCUT2D eigenvalue weighted by atomic mass is 9.73. The van der Waals surface area contributed by atoms with Gasteiger partial charge in [0.15, 0.2) is 0 Å². The van der Waals surface area contributed by atoms with E-state index in [-0.39, 0.29) is 24.2 Å². The van der Waals surface area contributed by atoms with Gasteiger partial charge in [-0.1, -0.05) is 24.3 Å². The first-order valence-electron chi connectivity index (χ1n) is 11.1. The Bertz CT molecular complexity index is 821. The van der Waals surface area contributed by atoms with E-state index in [1.165, 1.54) is 12.1 Å². The van der Waals surface area contributed by atoms with Crippen molar-refractivity contribution >= 4 is 5.69 Å². The molecule has 0 saturated carbocycles. The molecular weight excluding hydrogens is 403 g/mol. The fraction of sp³-hybridized carbons (Fsp3) is 0.583. The number of nitrogens with one attached hydrogen (secondary N) is 2. The topological polar surface area (TPSA) is 36.5 Å². The number of fused-ring (bicyclic) bond motifs is 3. The molecule has 1 aliphatic carbocycles. The summed E-state index contributed by atoms with van der Waals surface area (Å²) in [6.07, 6.45) is 6.58. The Morgan fingerprint density at radius 2 is 2.03 bits per heavy atom. The van der Waals surface area contributed by atoms with Gasteiger partial charge in [0.1, 0.15) is 0 Å². The van der Waals surface area contributed by atoms with Gasteiger partial charge in [0, 0.05) is 48.8 Å². The standard InChI is InChI=1S/C24H32F3N3O/c1-30(2)13-12-28-15-18-9-10-19-22(16-6-4-3-5-7-16)29-21-11-8-17(24(25,26)27)14-20(21)23(19)31-18/h3-6,8,11,14,16,18-19,22-23,28-29H,7,9-10,12-13,15H2,1-2H3/t16?,18-,19+,22+,23+/m1/s1. The lowest BCUT2D eigenvalue weighted by Crippen LogP contribution is -2.48. The van der Waals surface area contributed by atoms with Gasteiger partial charge in [0.05, 0.1) is 17.8 Å². The summed E-state index contributed by atoms with van der Waals surface area (Å²) in [7, 11) is 4.06. The number of nitrogens with zero attached hydrogens (tertiary/aromatic N) is 1. The van der Waals surface area contributed by atoms with Crippen molar-refractivity contribution in [2.24, 2.45) is 11.8 Å². The molecule has 3 aliphatic rings. The van der Waals surface area contributed by atoms with Gasteiger partial charge < -0.3 is 20.3 Å². The zero-order valence-corrected chi connectivity index (χ0v) is 18.2. The molecule has 4 rings (SSSR count). The summed E-state index contributed by atoms with van der Waals surface area (Å²) in [6, 6.07) is 4.18. The first kappa shape index (κ1) is 22.4. The van der Waals surface area contributed by atoms with Crippen LogP contribution in [-0.4, -0.2) is 50.8 Å². The first-order valence-corrected chi connectivity index (χ1v) is 11.1. The minimum atomic E-state index is -4.36. The van der Waals surface area contributed by atoms with Crippen molar-refractivity contribution < 1.29 is 17.9 Å². The largest absolute Gasteiger partial charge is 0.416 e. The second-order valence-electron chi connectivity index (χ2n) is 9.11. The molecule has 1 aromatic carbocycles. The maximum absolute atomic E-state index is 13.4. The van der Waals surface area contributed by atoms with E-state index < -0.39 is 11.7 Å². The molecule has 0 spiro atoms. The molecule has 0 aromatic heterocycles. The van der Waals surface area contributed by atoms with E-state index in [9.17, 15) is 13.2 Å². The smallest absolute Gasteiger partial charge is 0.381 e. The quantitative estimate of drug-likeness (QED) is 0.640. The van der Waals surface area contributed by atoms with Crippen LogP contribution in [0, 0.1) is 11.8 Å². The summed E-state index contributed by atoms with van der Waals surface area (Å²) >= 11 is 0. The molecule has 0 amide bonds. The van der Waals surface area contributed by atoms with Crippen LogP contribution < -0.4 is 10.6 Å². The summed E-state index contributed by atoms with van der Waals surface area (Å²) in [5, 5.41) is 7.00. The SMILES string of the molecule is CN(C)CCNC[C@H]1CC[C@@H]2[C@H](O1)c1cc(C(F)(F)F)ccc1N[C@H]2C1C=CC=CC1. The Balaban J connectivity index is 1.56. The molecule has 1 unspecified atom stereocenters. The molecular formula is C24H32F3N3O. The van der Waals surface area contributed by atoms with Crippen molar-refractivity contribution in [2.45, 2.75) is 43.7 Å². The number of likely N-dealkylation sites (N-methyl/N-ethyl adjacent to an activating group) is 1. The molecule has 4 nitrogen and oxygen atoms in total. The van der Waals surface area contributed by atoms with Crippen LogP contribution in [0.5, 0.6) is 0 Å². The monoisotopic (exact) mass is 435 g/mol. The first-order chi connectivity index (χ1) is 14.8. The molecule has 0 radical (unpaired) electrons. The van der Waals surface area contributed by atoms with E-state index in [0.29, 0.717) is 11.5 Å². The Morgan fingerprint density at radius 1 is 1.19 bits per heavy atom. The van der Waals surface area contributed by atoms with Gasteiger partial charge in [0.25, 0.3) is 0 Å². The number of benzene rings is 1. The lowest BCUT2D eigenvalue weighted by Gasteiger charge is -2.47. The number of ether oxygens (including phenoxy) is 1. The fourth-order valence-electron chi connectivity index (χ4n) is 4.98. The molecule has 170 valence electrons. The van der Waals surface area contributed by atoms with Crippen LogP contribution in [0.4, 0.5) is 18.9 Å². The van der Waals surface area contributed by atoms with Gasteiger partial charge in [-0.3, -0.25) is 0 Å². The third-order valence-electron chi connectivity index (χ3n) is 6.60. The number of anilines is 1. The fourth-order valence-corrected chi connectivity index (χ4v) is 4.98. The van der Waals surface area contributed by atoms with Gasteiger partial charge in [-0.2, -0.15) is 13.2 Å². The average Bonchev–Trinajstić information content (AvgIpc) is 2.75. The number of hydrogen-bond donors (Lipinski definition) is 2. The summed E-state index contributed by atoms with van der Waals surface area (Å²) < 4.78 is 46.7. The molecule has 2 aliphatic heterocycles. The van der Waals surface area contributed by atoms with Crippen LogP contribution in [0.25, 0.3) is 0 Å². The number of rotatable bonds is 6. The second-order valence-corrected chi connectivity index (χ2v) is 9.11. The average molecular weight is 436 g/mol. The molecule has 1 saturated heterocycles. The van der Waals surface area contributed by atoms with Crippen LogP contribution in [0.15, 0.2) is 42.5 Å². The maximum Gasteiger partial charge on any atom is 0.416 e. The predicted octanol–water partition coefficient (Wildman–Crippen LogP) is 4.62. The van der Waals surface area contributed by atoms with Crippen molar-refractivity contribution in [2.75, 3.05) is 39.0 Å². The van der Waals surface area contributed by atoms with Crippen molar-refractivity contribution in [1.82, 2.24) is 10.2 Å². The van der Waals surface area contributed by atoms with E-state index in [2.05, 4.69) is 33.8 Å². The summed E-state index contributed by atoms with van der Waals surface area (Å²) in [5.74, 6) is 0.460. The highest BCUT2D eigenvalue weighted by molar-refractivity contribution is 5.58. The van der Waals surface area contributed by atoms with E-state index in [4.69, 9.17) is 4.74 Å². The Labute approximate surface area is 182 Å². The normalized spacial score (nSPS) is 30.1. The molecule has 1 fully saturated rings. The number of alkyl halides is 3. The maximum atomic E-state index is 13.4. The van der Waals surface area contributed by atoms with Gasteiger partial charge >= 0.3 is 6.18 Å². The highest BCUT2D eigenvalue weighted by atomic mass is 19.4. The zero-order valence-electron chi connectivity index (χ0n) is 18.2. The van der Waals surface area contributed by atoms with E-state index in [1.807, 2.05) is 20.2 Å². The minimum Gasteiger partial charge on any atom is -0.381 e. The van der Waals surface area contributed by atoms with E-state index >= 15 is 0 Å². The van der Waals surface area contributed by atoms with E-state index in [1.54, 1.807) is 6.07 Å². The molecule has 5 atom stereocenters. The summed E-state index contributed by atoms with van der Waals surface area (Å²) in [6.45, 7) is 2.51. The van der Waals surface area contributed by atoms with Gasteiger partial charge in [0.2, 0.25) is 0 Å². The predicted molar refractivity (Wildman–Crippen MR) is 117 cm³/mol. The number of allylic oxidation sites excluding steroid dienone is 3. The second kappa shape index (κ2) is 9.35. The van der Waals surface area contributed by atoms with Crippen LogP contribution in [-0.2, 0) is 10.9 Å². The van der Waals surface area contributed by atoms with Crippen LogP contribution in [0.1, 0.15) is 36.5 Å². The Hall–Kier alpha value is -1.83. The van der Waals surface area contributed by atoms with Crippen molar-refractivity contribution in [1.29, 1.82) is 0 Å². The van der Waals surface area contributed by atoms with Gasteiger partial charge in [-0.15, -0.1) is 0 Å². The van der Waals surface area contributed by atoms with Crippen LogP contribution in [0.2, 0.25) is 0 Å². The molecule has 2 heterocycles. The summed E-state index contributed by atoms with van der Waals surface area (Å²) in [5.41, 5.74) is 0.799. The van der Waals surface area contributed by atoms with Gasteiger partial charge in [-0.05, 0) is 51.6 Å². The number of hydrogen-bond acceptors (Lipinski definition) is 4. The number of halogens is 3. The van der Waals surface area contributed by atoms with Crippen molar-refractivity contribution in [3.63, 3.8) is 0 Å².